The maximum atomic E-state index is 6.39. The highest BCUT2D eigenvalue weighted by atomic mass is 35.5. The van der Waals surface area contributed by atoms with Gasteiger partial charge in [0.25, 0.3) is 0 Å². The first-order valence-corrected chi connectivity index (χ1v) is 8.57. The minimum Gasteiger partial charge on any atom is -0.475 e. The summed E-state index contributed by atoms with van der Waals surface area (Å²) >= 11 is 6.39. The highest BCUT2D eigenvalue weighted by molar-refractivity contribution is 6.35. The van der Waals surface area contributed by atoms with Gasteiger partial charge < -0.3 is 9.47 Å². The van der Waals surface area contributed by atoms with E-state index in [9.17, 15) is 0 Å². The Balaban J connectivity index is 1.60. The normalized spacial score (nSPS) is 14.7. The third-order valence-corrected chi connectivity index (χ3v) is 4.54. The van der Waals surface area contributed by atoms with Crippen LogP contribution in [0.4, 0.5) is 0 Å². The molecule has 2 heterocycles. The number of unbranched alkanes of at least 4 members (excludes halogenated alkanes) is 3. The second-order valence-electron chi connectivity index (χ2n) is 5.98. The Kier molecular flexibility index (Phi) is 5.70. The molecule has 3 rings (SSSR count). The number of pyridine rings is 1. The molecule has 1 aromatic heterocycles. The fourth-order valence-electron chi connectivity index (χ4n) is 3.03. The quantitative estimate of drug-likeness (QED) is 0.709. The molecule has 0 spiro atoms. The summed E-state index contributed by atoms with van der Waals surface area (Å²) in [5.41, 5.74) is 2.00. The maximum Gasteiger partial charge on any atom is 0.152 e. The molecule has 0 radical (unpaired) electrons. The molecule has 1 aliphatic rings. The predicted octanol–water partition coefficient (Wildman–Crippen LogP) is 4.25. The zero-order chi connectivity index (χ0) is 16.1. The van der Waals surface area contributed by atoms with Gasteiger partial charge in [-0.1, -0.05) is 24.4 Å². The van der Waals surface area contributed by atoms with Crippen LogP contribution in [-0.4, -0.2) is 36.9 Å². The van der Waals surface area contributed by atoms with Crippen molar-refractivity contribution in [2.75, 3.05) is 27.0 Å². The fourth-order valence-corrected chi connectivity index (χ4v) is 3.31. The van der Waals surface area contributed by atoms with E-state index >= 15 is 0 Å². The first-order valence-electron chi connectivity index (χ1n) is 8.20. The van der Waals surface area contributed by atoms with Crippen LogP contribution in [0.1, 0.15) is 31.2 Å². The summed E-state index contributed by atoms with van der Waals surface area (Å²) in [4.78, 5) is 6.77. The topological polar surface area (TPSA) is 34.6 Å². The Morgan fingerprint density at radius 2 is 2.17 bits per heavy atom. The van der Waals surface area contributed by atoms with E-state index in [1.807, 2.05) is 18.2 Å². The molecule has 0 saturated carbocycles. The number of ether oxygens (including phenoxy) is 2. The largest absolute Gasteiger partial charge is 0.475 e. The SMILES string of the molecule is COCCCCCCN1COc2c(cc(Cl)c3cccnc23)C1. The van der Waals surface area contributed by atoms with Crippen molar-refractivity contribution in [3.63, 3.8) is 0 Å². The van der Waals surface area contributed by atoms with Crippen LogP contribution in [-0.2, 0) is 11.3 Å². The Morgan fingerprint density at radius 1 is 1.30 bits per heavy atom. The second kappa shape index (κ2) is 7.95. The minimum atomic E-state index is 0.623. The molecule has 0 bridgehead atoms. The summed E-state index contributed by atoms with van der Waals surface area (Å²) < 4.78 is 11.1. The summed E-state index contributed by atoms with van der Waals surface area (Å²) in [5, 5.41) is 1.70. The number of halogens is 1. The van der Waals surface area contributed by atoms with E-state index in [1.165, 1.54) is 19.3 Å². The molecule has 5 heteroatoms. The number of hydrogen-bond acceptors (Lipinski definition) is 4. The van der Waals surface area contributed by atoms with Crippen LogP contribution in [0, 0.1) is 0 Å². The minimum absolute atomic E-state index is 0.623. The van der Waals surface area contributed by atoms with Crippen molar-refractivity contribution >= 4 is 22.5 Å². The molecule has 0 aliphatic carbocycles. The molecule has 0 amide bonds. The van der Waals surface area contributed by atoms with Crippen molar-refractivity contribution < 1.29 is 9.47 Å². The lowest BCUT2D eigenvalue weighted by molar-refractivity contribution is 0.0947. The molecule has 0 fully saturated rings. The van der Waals surface area contributed by atoms with E-state index in [4.69, 9.17) is 21.1 Å². The molecule has 0 unspecified atom stereocenters. The first-order chi connectivity index (χ1) is 11.3. The van der Waals surface area contributed by atoms with E-state index < -0.39 is 0 Å². The summed E-state index contributed by atoms with van der Waals surface area (Å²) in [5.74, 6) is 0.890. The monoisotopic (exact) mass is 334 g/mol. The number of hydrogen-bond donors (Lipinski definition) is 0. The standard InChI is InChI=1S/C18H23ClN2O2/c1-22-10-5-3-2-4-9-21-12-14-11-16(19)15-7-6-8-20-17(15)18(14)23-13-21/h6-8,11H,2-5,9-10,12-13H2,1H3. The number of aromatic nitrogens is 1. The molecule has 2 aromatic rings. The molecule has 0 atom stereocenters. The van der Waals surface area contributed by atoms with Crippen LogP contribution in [0.3, 0.4) is 0 Å². The van der Waals surface area contributed by atoms with Gasteiger partial charge in [-0.05, 0) is 31.0 Å². The molecular weight excluding hydrogens is 312 g/mol. The molecule has 1 aliphatic heterocycles. The van der Waals surface area contributed by atoms with Gasteiger partial charge in [0.15, 0.2) is 5.75 Å². The predicted molar refractivity (Wildman–Crippen MR) is 93.0 cm³/mol. The van der Waals surface area contributed by atoms with Crippen molar-refractivity contribution in [1.82, 2.24) is 9.88 Å². The number of benzene rings is 1. The summed E-state index contributed by atoms with van der Waals surface area (Å²) in [6, 6.07) is 5.91. The van der Waals surface area contributed by atoms with E-state index in [0.29, 0.717) is 6.73 Å². The summed E-state index contributed by atoms with van der Waals surface area (Å²) in [7, 11) is 1.76. The molecule has 1 aromatic carbocycles. The molecule has 23 heavy (non-hydrogen) atoms. The maximum absolute atomic E-state index is 6.39. The highest BCUT2D eigenvalue weighted by Crippen LogP contribution is 2.36. The summed E-state index contributed by atoms with van der Waals surface area (Å²) in [6.07, 6.45) is 6.56. The Morgan fingerprint density at radius 3 is 3.04 bits per heavy atom. The third-order valence-electron chi connectivity index (χ3n) is 4.23. The first kappa shape index (κ1) is 16.5. The highest BCUT2D eigenvalue weighted by Gasteiger charge is 2.21. The van der Waals surface area contributed by atoms with Crippen LogP contribution in [0.2, 0.25) is 5.02 Å². The number of fused-ring (bicyclic) bond motifs is 3. The lowest BCUT2D eigenvalue weighted by Crippen LogP contribution is -2.33. The van der Waals surface area contributed by atoms with E-state index in [1.54, 1.807) is 13.3 Å². The van der Waals surface area contributed by atoms with Crippen LogP contribution in [0.25, 0.3) is 10.9 Å². The lowest BCUT2D eigenvalue weighted by atomic mass is 10.1. The molecular formula is C18H23ClN2O2. The second-order valence-corrected chi connectivity index (χ2v) is 6.39. The van der Waals surface area contributed by atoms with Gasteiger partial charge in [-0.3, -0.25) is 9.88 Å². The van der Waals surface area contributed by atoms with Gasteiger partial charge in [-0.2, -0.15) is 0 Å². The van der Waals surface area contributed by atoms with Gasteiger partial charge in [0.05, 0.1) is 5.02 Å². The van der Waals surface area contributed by atoms with Crippen LogP contribution >= 0.6 is 11.6 Å². The number of nitrogens with zero attached hydrogens (tertiary/aromatic N) is 2. The summed E-state index contributed by atoms with van der Waals surface area (Å²) in [6.45, 7) is 3.40. The Bertz CT molecular complexity index is 663. The van der Waals surface area contributed by atoms with Gasteiger partial charge in [0.2, 0.25) is 0 Å². The Hall–Kier alpha value is -1.36. The molecule has 4 nitrogen and oxygen atoms in total. The Labute approximate surface area is 142 Å². The van der Waals surface area contributed by atoms with Gasteiger partial charge in [0.1, 0.15) is 12.2 Å². The van der Waals surface area contributed by atoms with Gasteiger partial charge in [-0.15, -0.1) is 0 Å². The third kappa shape index (κ3) is 3.94. The van der Waals surface area contributed by atoms with Crippen molar-refractivity contribution in [2.45, 2.75) is 32.2 Å². The van der Waals surface area contributed by atoms with Crippen molar-refractivity contribution in [3.8, 4) is 5.75 Å². The van der Waals surface area contributed by atoms with Gasteiger partial charge >= 0.3 is 0 Å². The lowest BCUT2D eigenvalue weighted by Gasteiger charge is -2.29. The average molecular weight is 335 g/mol. The van der Waals surface area contributed by atoms with Crippen molar-refractivity contribution in [3.05, 3.63) is 35.0 Å². The van der Waals surface area contributed by atoms with Crippen LogP contribution in [0.15, 0.2) is 24.4 Å². The smallest absolute Gasteiger partial charge is 0.152 e. The van der Waals surface area contributed by atoms with E-state index in [2.05, 4.69) is 9.88 Å². The van der Waals surface area contributed by atoms with Crippen molar-refractivity contribution in [1.29, 1.82) is 0 Å². The zero-order valence-electron chi connectivity index (χ0n) is 13.6. The molecule has 124 valence electrons. The fraction of sp³-hybridized carbons (Fsp3) is 0.500. The number of rotatable bonds is 7. The van der Waals surface area contributed by atoms with E-state index in [-0.39, 0.29) is 0 Å². The molecule has 0 N–H and O–H groups in total. The van der Waals surface area contributed by atoms with E-state index in [0.717, 1.165) is 53.4 Å². The van der Waals surface area contributed by atoms with Gasteiger partial charge in [0, 0.05) is 44.0 Å². The van der Waals surface area contributed by atoms with Crippen molar-refractivity contribution in [2.24, 2.45) is 0 Å². The van der Waals surface area contributed by atoms with Crippen LogP contribution in [0.5, 0.6) is 5.75 Å². The number of methoxy groups -OCH3 is 1. The van der Waals surface area contributed by atoms with Crippen LogP contribution < -0.4 is 4.74 Å². The molecule has 0 saturated heterocycles. The average Bonchev–Trinajstić information content (AvgIpc) is 2.58. The zero-order valence-corrected chi connectivity index (χ0v) is 14.3. The van der Waals surface area contributed by atoms with Gasteiger partial charge in [-0.25, -0.2) is 0 Å².